The number of carboxylic acids is 1. The van der Waals surface area contributed by atoms with E-state index in [2.05, 4.69) is 10.3 Å². The number of aromatic nitrogens is 3. The molecule has 0 saturated carbocycles. The molecule has 0 radical (unpaired) electrons. The number of rotatable bonds is 4. The summed E-state index contributed by atoms with van der Waals surface area (Å²) in [5.41, 5.74) is 0. The van der Waals surface area contributed by atoms with Gasteiger partial charge in [0.25, 0.3) is 0 Å². The highest BCUT2D eigenvalue weighted by atomic mass is 16.4. The molecule has 1 atom stereocenters. The molecule has 1 aromatic rings. The van der Waals surface area contributed by atoms with Gasteiger partial charge in [-0.2, -0.15) is 0 Å². The average Bonchev–Trinajstić information content (AvgIpc) is 2.87. The lowest BCUT2D eigenvalue weighted by Crippen LogP contribution is -2.38. The van der Waals surface area contributed by atoms with Crippen molar-refractivity contribution in [2.45, 2.75) is 31.8 Å². The maximum Gasteiger partial charge on any atom is 0.305 e. The molecular weight excluding hydrogens is 224 g/mol. The van der Waals surface area contributed by atoms with E-state index in [-0.39, 0.29) is 24.9 Å². The van der Waals surface area contributed by atoms with Crippen LogP contribution in [0.3, 0.4) is 0 Å². The summed E-state index contributed by atoms with van der Waals surface area (Å²) in [5.74, 6) is -0.963. The first kappa shape index (κ1) is 11.6. The Morgan fingerprint density at radius 3 is 2.94 bits per heavy atom. The molecule has 0 aromatic carbocycles. The molecule has 1 aliphatic rings. The molecule has 1 unspecified atom stereocenters. The lowest BCUT2D eigenvalue weighted by molar-refractivity contribution is -0.140. The van der Waals surface area contributed by atoms with Crippen LogP contribution in [0.4, 0.5) is 0 Å². The van der Waals surface area contributed by atoms with E-state index in [4.69, 9.17) is 5.11 Å². The second-order valence-corrected chi connectivity index (χ2v) is 4.08. The Balaban J connectivity index is 1.96. The number of carbonyl (C=O) groups excluding carboxylic acids is 1. The Morgan fingerprint density at radius 1 is 1.47 bits per heavy atom. The first-order valence-electron chi connectivity index (χ1n) is 5.52. The van der Waals surface area contributed by atoms with Gasteiger partial charge in [0.15, 0.2) is 0 Å². The monoisotopic (exact) mass is 238 g/mol. The van der Waals surface area contributed by atoms with E-state index in [1.807, 2.05) is 0 Å². The molecule has 0 bridgehead atoms. The van der Waals surface area contributed by atoms with E-state index in [0.717, 1.165) is 12.8 Å². The number of carbonyl (C=O) groups is 2. The Hall–Kier alpha value is -1.92. The van der Waals surface area contributed by atoms with Crippen molar-refractivity contribution in [1.29, 1.82) is 0 Å². The standard InChI is InChI=1S/C10H14N4O3/c15-9(7-13-5-3-11-12-13)14-4-1-2-8(14)6-10(16)17/h3,5,8H,1-2,4,6-7H2,(H,16,17). The van der Waals surface area contributed by atoms with Crippen molar-refractivity contribution >= 4 is 11.9 Å². The zero-order valence-corrected chi connectivity index (χ0v) is 9.32. The molecule has 1 amide bonds. The molecule has 7 heteroatoms. The molecular formula is C10H14N4O3. The molecule has 1 aromatic heterocycles. The summed E-state index contributed by atoms with van der Waals surface area (Å²) < 4.78 is 1.44. The van der Waals surface area contributed by atoms with Gasteiger partial charge in [-0.1, -0.05) is 5.21 Å². The normalized spacial score (nSPS) is 19.5. The number of aliphatic carboxylic acids is 1. The molecule has 17 heavy (non-hydrogen) atoms. The number of amides is 1. The predicted octanol–water partition coefficient (Wildman–Crippen LogP) is -0.256. The lowest BCUT2D eigenvalue weighted by Gasteiger charge is -2.23. The van der Waals surface area contributed by atoms with Crippen LogP contribution in [0, 0.1) is 0 Å². The van der Waals surface area contributed by atoms with Crippen LogP contribution in [0.2, 0.25) is 0 Å². The number of likely N-dealkylation sites (tertiary alicyclic amines) is 1. The van der Waals surface area contributed by atoms with E-state index >= 15 is 0 Å². The van der Waals surface area contributed by atoms with Crippen LogP contribution in [-0.4, -0.2) is 49.5 Å². The highest BCUT2D eigenvalue weighted by Crippen LogP contribution is 2.20. The topological polar surface area (TPSA) is 88.3 Å². The van der Waals surface area contributed by atoms with Crippen LogP contribution in [0.15, 0.2) is 12.4 Å². The summed E-state index contributed by atoms with van der Waals surface area (Å²) >= 11 is 0. The van der Waals surface area contributed by atoms with E-state index in [0.29, 0.717) is 6.54 Å². The zero-order valence-electron chi connectivity index (χ0n) is 9.32. The fourth-order valence-electron chi connectivity index (χ4n) is 2.12. The highest BCUT2D eigenvalue weighted by Gasteiger charge is 2.30. The number of hydrogen-bond donors (Lipinski definition) is 1. The Labute approximate surface area is 98.0 Å². The van der Waals surface area contributed by atoms with E-state index in [1.165, 1.54) is 10.9 Å². The molecule has 7 nitrogen and oxygen atoms in total. The van der Waals surface area contributed by atoms with Crippen LogP contribution in [0.5, 0.6) is 0 Å². The SMILES string of the molecule is O=C(O)CC1CCCN1C(=O)Cn1ccnn1. The molecule has 1 fully saturated rings. The second-order valence-electron chi connectivity index (χ2n) is 4.08. The van der Waals surface area contributed by atoms with Gasteiger partial charge in [-0.3, -0.25) is 9.59 Å². The van der Waals surface area contributed by atoms with Crippen molar-refractivity contribution in [3.63, 3.8) is 0 Å². The Morgan fingerprint density at radius 2 is 2.29 bits per heavy atom. The Bertz CT molecular complexity index is 404. The highest BCUT2D eigenvalue weighted by molar-refractivity contribution is 5.77. The largest absolute Gasteiger partial charge is 0.481 e. The summed E-state index contributed by atoms with van der Waals surface area (Å²) in [7, 11) is 0. The van der Waals surface area contributed by atoms with Gasteiger partial charge in [0.05, 0.1) is 12.6 Å². The van der Waals surface area contributed by atoms with Crippen LogP contribution >= 0.6 is 0 Å². The molecule has 1 N–H and O–H groups in total. The summed E-state index contributed by atoms with van der Waals surface area (Å²) in [6, 6.07) is -0.177. The van der Waals surface area contributed by atoms with Gasteiger partial charge < -0.3 is 10.0 Å². The van der Waals surface area contributed by atoms with Crippen molar-refractivity contribution in [3.8, 4) is 0 Å². The maximum atomic E-state index is 11.9. The van der Waals surface area contributed by atoms with Crippen molar-refractivity contribution in [1.82, 2.24) is 19.9 Å². The molecule has 92 valence electrons. The summed E-state index contributed by atoms with van der Waals surface area (Å²) in [5, 5.41) is 16.1. The van der Waals surface area contributed by atoms with E-state index in [1.54, 1.807) is 11.1 Å². The summed E-state index contributed by atoms with van der Waals surface area (Å²) in [4.78, 5) is 24.3. The third kappa shape index (κ3) is 2.80. The number of nitrogens with zero attached hydrogens (tertiary/aromatic N) is 4. The summed E-state index contributed by atoms with van der Waals surface area (Å²) in [6.07, 6.45) is 4.76. The number of hydrogen-bond acceptors (Lipinski definition) is 4. The molecule has 2 heterocycles. The van der Waals surface area contributed by atoms with Gasteiger partial charge in [0, 0.05) is 18.8 Å². The van der Waals surface area contributed by atoms with Gasteiger partial charge in [0.2, 0.25) is 5.91 Å². The Kier molecular flexibility index (Phi) is 3.36. The first-order chi connectivity index (χ1) is 8.16. The van der Waals surface area contributed by atoms with Crippen LogP contribution in [0.1, 0.15) is 19.3 Å². The molecule has 0 aliphatic carbocycles. The van der Waals surface area contributed by atoms with Crippen LogP contribution in [0.25, 0.3) is 0 Å². The van der Waals surface area contributed by atoms with Crippen LogP contribution < -0.4 is 0 Å². The third-order valence-electron chi connectivity index (χ3n) is 2.88. The molecule has 2 rings (SSSR count). The predicted molar refractivity (Wildman–Crippen MR) is 57.0 cm³/mol. The van der Waals surface area contributed by atoms with Gasteiger partial charge in [-0.05, 0) is 12.8 Å². The first-order valence-corrected chi connectivity index (χ1v) is 5.52. The molecule has 0 spiro atoms. The number of carboxylic acid groups (broad SMARTS) is 1. The molecule has 1 saturated heterocycles. The third-order valence-corrected chi connectivity index (χ3v) is 2.88. The van der Waals surface area contributed by atoms with Gasteiger partial charge in [-0.25, -0.2) is 4.68 Å². The van der Waals surface area contributed by atoms with Gasteiger partial charge in [-0.15, -0.1) is 5.10 Å². The summed E-state index contributed by atoms with van der Waals surface area (Å²) in [6.45, 7) is 0.752. The second kappa shape index (κ2) is 4.94. The van der Waals surface area contributed by atoms with E-state index in [9.17, 15) is 9.59 Å². The quantitative estimate of drug-likeness (QED) is 0.781. The lowest BCUT2D eigenvalue weighted by atomic mass is 10.1. The van der Waals surface area contributed by atoms with E-state index < -0.39 is 5.97 Å². The fourth-order valence-corrected chi connectivity index (χ4v) is 2.12. The fraction of sp³-hybridized carbons (Fsp3) is 0.600. The van der Waals surface area contributed by atoms with Crippen LogP contribution in [-0.2, 0) is 16.1 Å². The smallest absolute Gasteiger partial charge is 0.305 e. The van der Waals surface area contributed by atoms with Crippen molar-refractivity contribution in [2.24, 2.45) is 0 Å². The van der Waals surface area contributed by atoms with Crippen molar-refractivity contribution in [3.05, 3.63) is 12.4 Å². The van der Waals surface area contributed by atoms with Crippen molar-refractivity contribution in [2.75, 3.05) is 6.54 Å². The zero-order chi connectivity index (χ0) is 12.3. The van der Waals surface area contributed by atoms with Gasteiger partial charge >= 0.3 is 5.97 Å². The maximum absolute atomic E-state index is 11.9. The minimum absolute atomic E-state index is 0.0170. The van der Waals surface area contributed by atoms with Crippen molar-refractivity contribution < 1.29 is 14.7 Å². The molecule has 1 aliphatic heterocycles. The average molecular weight is 238 g/mol. The minimum Gasteiger partial charge on any atom is -0.481 e. The minimum atomic E-state index is -0.865. The van der Waals surface area contributed by atoms with Gasteiger partial charge in [0.1, 0.15) is 6.54 Å².